The van der Waals surface area contributed by atoms with Gasteiger partial charge >= 0.3 is 5.97 Å². The number of carboxylic acids is 1. The molecule has 0 aliphatic carbocycles. The second-order valence-electron chi connectivity index (χ2n) is 4.23. The van der Waals surface area contributed by atoms with E-state index in [9.17, 15) is 4.79 Å². The lowest BCUT2D eigenvalue weighted by molar-refractivity contribution is 0.0698. The Kier molecular flexibility index (Phi) is 4.34. The Hall–Kier alpha value is -1.75. The van der Waals surface area contributed by atoms with Crippen molar-refractivity contribution in [2.75, 3.05) is 24.2 Å². The summed E-state index contributed by atoms with van der Waals surface area (Å²) in [5, 5.41) is 21.0. The average molecular weight is 238 g/mol. The maximum atomic E-state index is 11.0. The molecule has 0 radical (unpaired) electrons. The number of aryl methyl sites for hydroxylation is 1. The second-order valence-corrected chi connectivity index (χ2v) is 4.23. The van der Waals surface area contributed by atoms with Gasteiger partial charge in [-0.3, -0.25) is 0 Å². The van der Waals surface area contributed by atoms with Gasteiger partial charge in [-0.1, -0.05) is 6.92 Å². The third-order valence-corrected chi connectivity index (χ3v) is 2.58. The number of benzene rings is 1. The van der Waals surface area contributed by atoms with E-state index in [-0.39, 0.29) is 18.1 Å². The van der Waals surface area contributed by atoms with Crippen LogP contribution in [0.25, 0.3) is 0 Å². The van der Waals surface area contributed by atoms with Gasteiger partial charge in [0.15, 0.2) is 0 Å². The number of hydrogen-bond donors (Lipinski definition) is 4. The van der Waals surface area contributed by atoms with Crippen molar-refractivity contribution in [3.05, 3.63) is 23.3 Å². The molecule has 0 bridgehead atoms. The fourth-order valence-corrected chi connectivity index (χ4v) is 1.43. The Morgan fingerprint density at radius 2 is 2.18 bits per heavy atom. The van der Waals surface area contributed by atoms with E-state index in [4.69, 9.17) is 15.9 Å². The first-order valence-electron chi connectivity index (χ1n) is 5.43. The monoisotopic (exact) mass is 238 g/mol. The second kappa shape index (κ2) is 5.54. The standard InChI is InChI=1S/C12H18N2O3/c1-7(6-15)5-14-9-3-8(2)11(13)10(4-9)12(16)17/h3-4,7,14-15H,5-6,13H2,1-2H3,(H,16,17). The van der Waals surface area contributed by atoms with Crippen LogP contribution in [0.15, 0.2) is 12.1 Å². The minimum atomic E-state index is -1.04. The van der Waals surface area contributed by atoms with E-state index >= 15 is 0 Å². The van der Waals surface area contributed by atoms with E-state index in [1.54, 1.807) is 13.0 Å². The van der Waals surface area contributed by atoms with E-state index < -0.39 is 5.97 Å². The number of anilines is 2. The van der Waals surface area contributed by atoms with Crippen LogP contribution in [0.4, 0.5) is 11.4 Å². The molecule has 5 heteroatoms. The number of rotatable bonds is 5. The minimum Gasteiger partial charge on any atom is -0.478 e. The molecular formula is C12H18N2O3. The number of aromatic carboxylic acids is 1. The molecule has 0 aliphatic heterocycles. The summed E-state index contributed by atoms with van der Waals surface area (Å²) < 4.78 is 0. The zero-order chi connectivity index (χ0) is 13.0. The molecule has 1 rings (SSSR count). The smallest absolute Gasteiger partial charge is 0.337 e. The van der Waals surface area contributed by atoms with Crippen molar-refractivity contribution in [1.82, 2.24) is 0 Å². The topological polar surface area (TPSA) is 95.6 Å². The maximum Gasteiger partial charge on any atom is 0.337 e. The maximum absolute atomic E-state index is 11.0. The van der Waals surface area contributed by atoms with Gasteiger partial charge in [0.2, 0.25) is 0 Å². The van der Waals surface area contributed by atoms with Gasteiger partial charge in [-0.2, -0.15) is 0 Å². The molecule has 0 saturated heterocycles. The highest BCUT2D eigenvalue weighted by atomic mass is 16.4. The summed E-state index contributed by atoms with van der Waals surface area (Å²) in [5.41, 5.74) is 7.51. The number of carboxylic acid groups (broad SMARTS) is 1. The molecule has 1 unspecified atom stereocenters. The molecule has 0 spiro atoms. The molecule has 5 nitrogen and oxygen atoms in total. The van der Waals surface area contributed by atoms with Gasteiger partial charge in [-0.15, -0.1) is 0 Å². The fourth-order valence-electron chi connectivity index (χ4n) is 1.43. The third-order valence-electron chi connectivity index (χ3n) is 2.58. The summed E-state index contributed by atoms with van der Waals surface area (Å²) in [6.07, 6.45) is 0. The normalized spacial score (nSPS) is 12.2. The Morgan fingerprint density at radius 1 is 1.53 bits per heavy atom. The van der Waals surface area contributed by atoms with Crippen LogP contribution >= 0.6 is 0 Å². The van der Waals surface area contributed by atoms with Crippen molar-refractivity contribution in [2.24, 2.45) is 5.92 Å². The number of nitrogens with one attached hydrogen (secondary N) is 1. The number of aliphatic hydroxyl groups is 1. The molecule has 0 fully saturated rings. The Morgan fingerprint density at radius 3 is 2.71 bits per heavy atom. The lowest BCUT2D eigenvalue weighted by Crippen LogP contribution is -2.15. The fraction of sp³-hybridized carbons (Fsp3) is 0.417. The van der Waals surface area contributed by atoms with Crippen molar-refractivity contribution in [3.8, 4) is 0 Å². The Balaban J connectivity index is 2.91. The van der Waals surface area contributed by atoms with Gasteiger partial charge in [0.25, 0.3) is 0 Å². The quantitative estimate of drug-likeness (QED) is 0.580. The van der Waals surface area contributed by atoms with Crippen LogP contribution in [-0.2, 0) is 0 Å². The number of aliphatic hydroxyl groups excluding tert-OH is 1. The highest BCUT2D eigenvalue weighted by molar-refractivity contribution is 5.95. The summed E-state index contributed by atoms with van der Waals surface area (Å²) in [4.78, 5) is 11.0. The summed E-state index contributed by atoms with van der Waals surface area (Å²) in [6.45, 7) is 4.34. The highest BCUT2D eigenvalue weighted by Gasteiger charge is 2.11. The SMILES string of the molecule is Cc1cc(NCC(C)CO)cc(C(=O)O)c1N. The molecule has 0 heterocycles. The van der Waals surface area contributed by atoms with Gasteiger partial charge < -0.3 is 21.3 Å². The van der Waals surface area contributed by atoms with Crippen LogP contribution < -0.4 is 11.1 Å². The molecule has 0 aliphatic rings. The average Bonchev–Trinajstić information content (AvgIpc) is 2.29. The molecule has 1 aromatic carbocycles. The first kappa shape index (κ1) is 13.3. The molecule has 0 amide bonds. The third kappa shape index (κ3) is 3.35. The molecular weight excluding hydrogens is 220 g/mol. The van der Waals surface area contributed by atoms with Gasteiger partial charge in [0.1, 0.15) is 0 Å². The lowest BCUT2D eigenvalue weighted by Gasteiger charge is -2.13. The van der Waals surface area contributed by atoms with Crippen molar-refractivity contribution < 1.29 is 15.0 Å². The number of hydrogen-bond acceptors (Lipinski definition) is 4. The summed E-state index contributed by atoms with van der Waals surface area (Å²) in [6, 6.07) is 3.31. The molecule has 5 N–H and O–H groups in total. The largest absolute Gasteiger partial charge is 0.478 e. The van der Waals surface area contributed by atoms with Gasteiger partial charge in [0, 0.05) is 24.5 Å². The molecule has 0 aromatic heterocycles. The van der Waals surface area contributed by atoms with Crippen molar-refractivity contribution in [2.45, 2.75) is 13.8 Å². The molecule has 1 atom stereocenters. The van der Waals surface area contributed by atoms with E-state index in [1.807, 2.05) is 6.92 Å². The predicted molar refractivity (Wildman–Crippen MR) is 67.3 cm³/mol. The lowest BCUT2D eigenvalue weighted by atomic mass is 10.1. The van der Waals surface area contributed by atoms with Gasteiger partial charge in [0.05, 0.1) is 5.56 Å². The van der Waals surface area contributed by atoms with Crippen molar-refractivity contribution in [1.29, 1.82) is 0 Å². The van der Waals surface area contributed by atoms with E-state index in [0.29, 0.717) is 17.9 Å². The number of nitrogens with two attached hydrogens (primary N) is 1. The van der Waals surface area contributed by atoms with Gasteiger partial charge in [-0.25, -0.2) is 4.79 Å². The van der Waals surface area contributed by atoms with Crippen LogP contribution in [0.1, 0.15) is 22.8 Å². The summed E-state index contributed by atoms with van der Waals surface area (Å²) >= 11 is 0. The summed E-state index contributed by atoms with van der Waals surface area (Å²) in [7, 11) is 0. The van der Waals surface area contributed by atoms with E-state index in [1.165, 1.54) is 6.07 Å². The van der Waals surface area contributed by atoms with Crippen LogP contribution in [0, 0.1) is 12.8 Å². The molecule has 0 saturated carbocycles. The van der Waals surface area contributed by atoms with E-state index in [2.05, 4.69) is 5.32 Å². The summed E-state index contributed by atoms with van der Waals surface area (Å²) in [5.74, 6) is -0.925. The van der Waals surface area contributed by atoms with Crippen molar-refractivity contribution in [3.63, 3.8) is 0 Å². The van der Waals surface area contributed by atoms with Crippen LogP contribution in [-0.4, -0.2) is 29.3 Å². The van der Waals surface area contributed by atoms with Crippen molar-refractivity contribution >= 4 is 17.3 Å². The van der Waals surface area contributed by atoms with Crippen LogP contribution in [0.3, 0.4) is 0 Å². The Labute approximate surface area is 100 Å². The van der Waals surface area contributed by atoms with Crippen LogP contribution in [0.5, 0.6) is 0 Å². The highest BCUT2D eigenvalue weighted by Crippen LogP contribution is 2.23. The predicted octanol–water partition coefficient (Wildman–Crippen LogP) is 1.32. The van der Waals surface area contributed by atoms with E-state index in [0.717, 1.165) is 5.56 Å². The molecule has 94 valence electrons. The zero-order valence-corrected chi connectivity index (χ0v) is 10.0. The molecule has 17 heavy (non-hydrogen) atoms. The zero-order valence-electron chi connectivity index (χ0n) is 10.0. The first-order chi connectivity index (χ1) is 7.95. The van der Waals surface area contributed by atoms with Crippen LogP contribution in [0.2, 0.25) is 0 Å². The number of nitrogen functional groups attached to an aromatic ring is 1. The molecule has 1 aromatic rings. The Bertz CT molecular complexity index is 418. The minimum absolute atomic E-state index is 0.0900. The number of carbonyl (C=O) groups is 1. The first-order valence-corrected chi connectivity index (χ1v) is 5.43. The van der Waals surface area contributed by atoms with Gasteiger partial charge in [-0.05, 0) is 30.5 Å².